The Bertz CT molecular complexity index is 323. The minimum Gasteiger partial charge on any atom is -0.339 e. The summed E-state index contributed by atoms with van der Waals surface area (Å²) in [6, 6.07) is 0. The first-order chi connectivity index (χ1) is 9.30. The molecule has 5 nitrogen and oxygen atoms in total. The van der Waals surface area contributed by atoms with Crippen LogP contribution in [0.4, 0.5) is 0 Å². The number of likely N-dealkylation sites (N-methyl/N-ethyl adjacent to an activating group) is 1. The van der Waals surface area contributed by atoms with Crippen molar-refractivity contribution in [3.63, 3.8) is 0 Å². The maximum atomic E-state index is 5.46. The molecule has 0 atom stereocenters. The number of hydrogen-bond acceptors (Lipinski definition) is 5. The summed E-state index contributed by atoms with van der Waals surface area (Å²) in [5, 5.41) is 4.04. The van der Waals surface area contributed by atoms with Crippen LogP contribution >= 0.6 is 0 Å². The topological polar surface area (TPSA) is 68.2 Å². The quantitative estimate of drug-likeness (QED) is 0.622. The third kappa shape index (κ3) is 6.68. The third-order valence-electron chi connectivity index (χ3n) is 3.40. The van der Waals surface area contributed by atoms with Gasteiger partial charge in [-0.2, -0.15) is 4.98 Å². The van der Waals surface area contributed by atoms with Crippen molar-refractivity contribution in [3.8, 4) is 0 Å². The fourth-order valence-electron chi connectivity index (χ4n) is 2.07. The van der Waals surface area contributed by atoms with E-state index in [1.54, 1.807) is 0 Å². The summed E-state index contributed by atoms with van der Waals surface area (Å²) in [6.45, 7) is 8.28. The van der Waals surface area contributed by atoms with Crippen LogP contribution in [-0.2, 0) is 12.8 Å². The lowest BCUT2D eigenvalue weighted by atomic mass is 10.1. The van der Waals surface area contributed by atoms with Gasteiger partial charge in [0.1, 0.15) is 0 Å². The molecule has 0 spiro atoms. The van der Waals surface area contributed by atoms with Crippen LogP contribution in [0.5, 0.6) is 0 Å². The number of nitrogens with two attached hydrogens (primary N) is 1. The fourth-order valence-corrected chi connectivity index (χ4v) is 2.07. The molecule has 2 N–H and O–H groups in total. The highest BCUT2D eigenvalue weighted by molar-refractivity contribution is 4.87. The standard InChI is InChI=1S/C14H28N4O/c1-3-18(4-2)12-10-13-16-14(19-17-13)9-7-5-6-8-11-15/h3-12,15H2,1-2H3. The zero-order valence-electron chi connectivity index (χ0n) is 12.4. The van der Waals surface area contributed by atoms with E-state index in [1.807, 2.05) is 0 Å². The average Bonchev–Trinajstić information content (AvgIpc) is 2.88. The van der Waals surface area contributed by atoms with Crippen LogP contribution in [0.15, 0.2) is 4.52 Å². The lowest BCUT2D eigenvalue weighted by Crippen LogP contribution is -2.25. The zero-order valence-corrected chi connectivity index (χ0v) is 12.4. The molecule has 0 aromatic carbocycles. The monoisotopic (exact) mass is 268 g/mol. The van der Waals surface area contributed by atoms with Crippen LogP contribution in [0.1, 0.15) is 51.2 Å². The molecule has 0 aliphatic carbocycles. The Balaban J connectivity index is 2.20. The van der Waals surface area contributed by atoms with E-state index in [1.165, 1.54) is 12.8 Å². The number of hydrogen-bond donors (Lipinski definition) is 1. The molecule has 0 aliphatic heterocycles. The number of aryl methyl sites for hydroxylation is 1. The average molecular weight is 268 g/mol. The molecule has 0 saturated heterocycles. The zero-order chi connectivity index (χ0) is 13.9. The van der Waals surface area contributed by atoms with Gasteiger partial charge < -0.3 is 15.2 Å². The highest BCUT2D eigenvalue weighted by atomic mass is 16.5. The summed E-state index contributed by atoms with van der Waals surface area (Å²) in [5.41, 5.74) is 5.46. The van der Waals surface area contributed by atoms with Crippen LogP contribution in [0.25, 0.3) is 0 Å². The molecule has 0 unspecified atom stereocenters. The van der Waals surface area contributed by atoms with Crippen molar-refractivity contribution in [2.24, 2.45) is 5.73 Å². The first kappa shape index (κ1) is 16.1. The Morgan fingerprint density at radius 3 is 2.47 bits per heavy atom. The van der Waals surface area contributed by atoms with E-state index < -0.39 is 0 Å². The maximum Gasteiger partial charge on any atom is 0.226 e. The summed E-state index contributed by atoms with van der Waals surface area (Å²) >= 11 is 0. The Kier molecular flexibility index (Phi) is 8.41. The molecule has 0 aliphatic rings. The highest BCUT2D eigenvalue weighted by Gasteiger charge is 2.07. The van der Waals surface area contributed by atoms with Gasteiger partial charge in [-0.3, -0.25) is 0 Å². The van der Waals surface area contributed by atoms with Gasteiger partial charge in [-0.25, -0.2) is 0 Å². The SMILES string of the molecule is CCN(CC)CCc1noc(CCCCCCN)n1. The number of nitrogens with zero attached hydrogens (tertiary/aromatic N) is 3. The van der Waals surface area contributed by atoms with Crippen LogP contribution in [-0.4, -0.2) is 41.2 Å². The van der Waals surface area contributed by atoms with Crippen molar-refractivity contribution in [2.75, 3.05) is 26.2 Å². The van der Waals surface area contributed by atoms with E-state index in [0.29, 0.717) is 0 Å². The summed E-state index contributed by atoms with van der Waals surface area (Å²) in [6.07, 6.45) is 6.37. The Morgan fingerprint density at radius 1 is 1.05 bits per heavy atom. The van der Waals surface area contributed by atoms with Crippen LogP contribution < -0.4 is 5.73 Å². The molecule has 1 rings (SSSR count). The molecule has 0 bridgehead atoms. The summed E-state index contributed by atoms with van der Waals surface area (Å²) in [4.78, 5) is 6.80. The van der Waals surface area contributed by atoms with E-state index in [0.717, 1.165) is 63.6 Å². The van der Waals surface area contributed by atoms with Crippen molar-refractivity contribution >= 4 is 0 Å². The molecule has 1 aromatic rings. The summed E-state index contributed by atoms with van der Waals surface area (Å²) in [5.74, 6) is 1.62. The Hall–Kier alpha value is -0.940. The van der Waals surface area contributed by atoms with Crippen molar-refractivity contribution in [1.82, 2.24) is 15.0 Å². The van der Waals surface area contributed by atoms with Gasteiger partial charge in [0, 0.05) is 19.4 Å². The van der Waals surface area contributed by atoms with Gasteiger partial charge in [0.15, 0.2) is 5.82 Å². The van der Waals surface area contributed by atoms with Crippen molar-refractivity contribution < 1.29 is 4.52 Å². The number of rotatable bonds is 11. The molecular formula is C14H28N4O. The normalized spacial score (nSPS) is 11.4. The minimum atomic E-state index is 0.780. The van der Waals surface area contributed by atoms with E-state index in [4.69, 9.17) is 10.3 Å². The minimum absolute atomic E-state index is 0.780. The lowest BCUT2D eigenvalue weighted by molar-refractivity contribution is 0.302. The molecule has 0 amide bonds. The Morgan fingerprint density at radius 2 is 1.79 bits per heavy atom. The van der Waals surface area contributed by atoms with Crippen LogP contribution in [0.3, 0.4) is 0 Å². The van der Waals surface area contributed by atoms with Crippen molar-refractivity contribution in [3.05, 3.63) is 11.7 Å². The molecule has 5 heteroatoms. The molecule has 110 valence electrons. The maximum absolute atomic E-state index is 5.46. The molecule has 0 saturated carbocycles. The van der Waals surface area contributed by atoms with Gasteiger partial charge in [0.2, 0.25) is 5.89 Å². The second-order valence-electron chi connectivity index (χ2n) is 4.83. The molecule has 19 heavy (non-hydrogen) atoms. The first-order valence-electron chi connectivity index (χ1n) is 7.54. The van der Waals surface area contributed by atoms with E-state index in [9.17, 15) is 0 Å². The predicted molar refractivity (Wildman–Crippen MR) is 77.0 cm³/mol. The Labute approximate surface area is 116 Å². The van der Waals surface area contributed by atoms with Gasteiger partial charge >= 0.3 is 0 Å². The van der Waals surface area contributed by atoms with Gasteiger partial charge in [0.25, 0.3) is 0 Å². The van der Waals surface area contributed by atoms with Gasteiger partial charge in [-0.15, -0.1) is 0 Å². The van der Waals surface area contributed by atoms with Gasteiger partial charge in [-0.1, -0.05) is 31.8 Å². The van der Waals surface area contributed by atoms with Crippen LogP contribution in [0.2, 0.25) is 0 Å². The lowest BCUT2D eigenvalue weighted by Gasteiger charge is -2.16. The van der Waals surface area contributed by atoms with Crippen molar-refractivity contribution in [1.29, 1.82) is 0 Å². The third-order valence-corrected chi connectivity index (χ3v) is 3.40. The molecule has 1 heterocycles. The second-order valence-corrected chi connectivity index (χ2v) is 4.83. The van der Waals surface area contributed by atoms with Crippen molar-refractivity contribution in [2.45, 2.75) is 52.4 Å². The van der Waals surface area contributed by atoms with E-state index in [-0.39, 0.29) is 0 Å². The fraction of sp³-hybridized carbons (Fsp3) is 0.857. The number of aromatic nitrogens is 2. The van der Waals surface area contributed by atoms with Gasteiger partial charge in [-0.05, 0) is 32.5 Å². The largest absolute Gasteiger partial charge is 0.339 e. The van der Waals surface area contributed by atoms with E-state index >= 15 is 0 Å². The predicted octanol–water partition coefficient (Wildman–Crippen LogP) is 2.02. The molecular weight excluding hydrogens is 240 g/mol. The van der Waals surface area contributed by atoms with E-state index in [2.05, 4.69) is 28.9 Å². The molecule has 0 fully saturated rings. The summed E-state index contributed by atoms with van der Waals surface area (Å²) < 4.78 is 5.27. The highest BCUT2D eigenvalue weighted by Crippen LogP contribution is 2.06. The second kappa shape index (κ2) is 9.92. The first-order valence-corrected chi connectivity index (χ1v) is 7.54. The summed E-state index contributed by atoms with van der Waals surface area (Å²) in [7, 11) is 0. The number of unbranched alkanes of at least 4 members (excludes halogenated alkanes) is 3. The van der Waals surface area contributed by atoms with Crippen LogP contribution in [0, 0.1) is 0 Å². The molecule has 1 aromatic heterocycles. The smallest absolute Gasteiger partial charge is 0.226 e. The molecule has 0 radical (unpaired) electrons. The van der Waals surface area contributed by atoms with Gasteiger partial charge in [0.05, 0.1) is 0 Å².